The Hall–Kier alpha value is -3.19. The molecule has 0 saturated carbocycles. The van der Waals surface area contributed by atoms with Crippen LogP contribution in [0.4, 0.5) is 0 Å². The van der Waals surface area contributed by atoms with Crippen LogP contribution in [0.25, 0.3) is 0 Å². The van der Waals surface area contributed by atoms with Crippen LogP contribution in [0.3, 0.4) is 0 Å². The topological polar surface area (TPSA) is 97.6 Å². The highest BCUT2D eigenvalue weighted by atomic mass is 16.5. The fraction of sp³-hybridized carbons (Fsp3) is 0.375. The van der Waals surface area contributed by atoms with Crippen LogP contribution in [0.2, 0.25) is 0 Å². The Morgan fingerprint density at radius 1 is 1.00 bits per heavy atom. The summed E-state index contributed by atoms with van der Waals surface area (Å²) in [5, 5.41) is 5.66. The van der Waals surface area contributed by atoms with Gasteiger partial charge in [0, 0.05) is 20.0 Å². The molecule has 3 atom stereocenters. The fourth-order valence-electron chi connectivity index (χ4n) is 3.43. The Bertz CT molecular complexity index is 888. The van der Waals surface area contributed by atoms with Crippen molar-refractivity contribution >= 4 is 17.8 Å². The van der Waals surface area contributed by atoms with Gasteiger partial charge in [-0.1, -0.05) is 60.7 Å². The average Bonchev–Trinajstić information content (AvgIpc) is 3.59. The average molecular weight is 424 g/mol. The molecule has 0 bridgehead atoms. The zero-order chi connectivity index (χ0) is 22.2. The Balaban J connectivity index is 1.63. The number of rotatable bonds is 10. The maximum absolute atomic E-state index is 13.2. The van der Waals surface area contributed by atoms with Crippen molar-refractivity contribution in [2.24, 2.45) is 0 Å². The van der Waals surface area contributed by atoms with E-state index in [1.807, 2.05) is 60.7 Å². The molecule has 0 radical (unpaired) electrons. The summed E-state index contributed by atoms with van der Waals surface area (Å²) in [5.74, 6) is -0.987. The van der Waals surface area contributed by atoms with Crippen molar-refractivity contribution in [2.75, 3.05) is 20.2 Å². The molecule has 2 aromatic rings. The van der Waals surface area contributed by atoms with E-state index in [4.69, 9.17) is 4.74 Å². The Morgan fingerprint density at radius 3 is 2.23 bits per heavy atom. The first-order valence-corrected chi connectivity index (χ1v) is 10.6. The molecule has 0 aliphatic carbocycles. The standard InChI is InChI=1S/C24H29N3O4/c1-3-31-24(30)21-20(26-21)22(28)25-19(16-18-12-8-5-9-13-18)23(29)27(2)15-14-17-10-6-4-7-11-17/h4-13,19-21,26H,3,14-16H2,1-2H3,(H,25,28)/t19-,20-,21-/m0/s1. The summed E-state index contributed by atoms with van der Waals surface area (Å²) in [4.78, 5) is 39.3. The molecule has 2 N–H and O–H groups in total. The number of carbonyl (C=O) groups excluding carboxylic acids is 3. The van der Waals surface area contributed by atoms with Crippen molar-refractivity contribution in [1.29, 1.82) is 0 Å². The molecule has 1 fully saturated rings. The van der Waals surface area contributed by atoms with Crippen LogP contribution in [0.5, 0.6) is 0 Å². The lowest BCUT2D eigenvalue weighted by Crippen LogP contribution is -2.50. The maximum Gasteiger partial charge on any atom is 0.325 e. The Morgan fingerprint density at radius 2 is 1.61 bits per heavy atom. The molecular weight excluding hydrogens is 394 g/mol. The van der Waals surface area contributed by atoms with Crippen LogP contribution in [0.1, 0.15) is 18.1 Å². The third kappa shape index (κ3) is 6.39. The summed E-state index contributed by atoms with van der Waals surface area (Å²) in [6.07, 6.45) is 1.10. The predicted octanol–water partition coefficient (Wildman–Crippen LogP) is 1.32. The van der Waals surface area contributed by atoms with Crippen LogP contribution >= 0.6 is 0 Å². The molecule has 1 aliphatic rings. The second-order valence-corrected chi connectivity index (χ2v) is 7.62. The highest BCUT2D eigenvalue weighted by Gasteiger charge is 2.49. The molecular formula is C24H29N3O4. The van der Waals surface area contributed by atoms with Gasteiger partial charge in [0.15, 0.2) is 0 Å². The van der Waals surface area contributed by atoms with Gasteiger partial charge in [0.25, 0.3) is 0 Å². The molecule has 3 rings (SSSR count). The van der Waals surface area contributed by atoms with Crippen molar-refractivity contribution in [3.05, 3.63) is 71.8 Å². The van der Waals surface area contributed by atoms with Crippen molar-refractivity contribution in [3.63, 3.8) is 0 Å². The summed E-state index contributed by atoms with van der Waals surface area (Å²) in [5.41, 5.74) is 2.09. The summed E-state index contributed by atoms with van der Waals surface area (Å²) >= 11 is 0. The third-order valence-electron chi connectivity index (χ3n) is 5.26. The first-order valence-electron chi connectivity index (χ1n) is 10.6. The zero-order valence-corrected chi connectivity index (χ0v) is 17.9. The fourth-order valence-corrected chi connectivity index (χ4v) is 3.43. The van der Waals surface area contributed by atoms with Crippen LogP contribution in [0.15, 0.2) is 60.7 Å². The summed E-state index contributed by atoms with van der Waals surface area (Å²) in [6, 6.07) is 17.5. The number of hydrogen-bond acceptors (Lipinski definition) is 5. The third-order valence-corrected chi connectivity index (χ3v) is 5.26. The molecule has 1 aliphatic heterocycles. The van der Waals surface area contributed by atoms with Crippen LogP contribution in [-0.4, -0.2) is 61.0 Å². The lowest BCUT2D eigenvalue weighted by Gasteiger charge is -2.25. The number of nitrogens with zero attached hydrogens (tertiary/aromatic N) is 1. The van der Waals surface area contributed by atoms with Gasteiger partial charge >= 0.3 is 5.97 Å². The van der Waals surface area contributed by atoms with E-state index in [-0.39, 0.29) is 18.4 Å². The maximum atomic E-state index is 13.2. The Kier molecular flexibility index (Phi) is 7.78. The van der Waals surface area contributed by atoms with Gasteiger partial charge in [0.2, 0.25) is 11.8 Å². The van der Waals surface area contributed by atoms with E-state index >= 15 is 0 Å². The van der Waals surface area contributed by atoms with Gasteiger partial charge in [-0.25, -0.2) is 0 Å². The first kappa shape index (κ1) is 22.5. The van der Waals surface area contributed by atoms with Crippen molar-refractivity contribution in [1.82, 2.24) is 15.5 Å². The van der Waals surface area contributed by atoms with Gasteiger partial charge in [-0.2, -0.15) is 0 Å². The highest BCUT2D eigenvalue weighted by Crippen LogP contribution is 2.14. The molecule has 0 aromatic heterocycles. The summed E-state index contributed by atoms with van der Waals surface area (Å²) < 4.78 is 4.95. The minimum absolute atomic E-state index is 0.165. The number of hydrogen-bond donors (Lipinski definition) is 2. The second kappa shape index (κ2) is 10.7. The Labute approximate surface area is 182 Å². The minimum atomic E-state index is -0.721. The second-order valence-electron chi connectivity index (χ2n) is 7.62. The smallest absolute Gasteiger partial charge is 0.325 e. The van der Waals surface area contributed by atoms with Crippen molar-refractivity contribution in [2.45, 2.75) is 37.9 Å². The molecule has 1 heterocycles. The molecule has 2 aromatic carbocycles. The van der Waals surface area contributed by atoms with E-state index in [0.717, 1.165) is 17.5 Å². The van der Waals surface area contributed by atoms with E-state index < -0.39 is 24.1 Å². The largest absolute Gasteiger partial charge is 0.465 e. The normalized spacial score (nSPS) is 18.0. The molecule has 164 valence electrons. The van der Waals surface area contributed by atoms with Crippen molar-refractivity contribution in [3.8, 4) is 0 Å². The summed E-state index contributed by atoms with van der Waals surface area (Å²) in [7, 11) is 1.74. The van der Waals surface area contributed by atoms with Crippen LogP contribution in [-0.2, 0) is 32.0 Å². The van der Waals surface area contributed by atoms with E-state index in [2.05, 4.69) is 10.6 Å². The zero-order valence-electron chi connectivity index (χ0n) is 17.9. The molecule has 7 nitrogen and oxygen atoms in total. The van der Waals surface area contributed by atoms with E-state index in [1.165, 1.54) is 0 Å². The van der Waals surface area contributed by atoms with Crippen LogP contribution in [0, 0.1) is 0 Å². The number of ether oxygens (including phenoxy) is 1. The van der Waals surface area contributed by atoms with Gasteiger partial charge in [0.05, 0.1) is 6.61 Å². The monoisotopic (exact) mass is 423 g/mol. The van der Waals surface area contributed by atoms with Gasteiger partial charge < -0.3 is 15.0 Å². The quantitative estimate of drug-likeness (QED) is 0.444. The number of esters is 1. The minimum Gasteiger partial charge on any atom is -0.465 e. The highest BCUT2D eigenvalue weighted by molar-refractivity contribution is 5.97. The number of nitrogens with one attached hydrogen (secondary N) is 2. The molecule has 7 heteroatoms. The molecule has 0 spiro atoms. The molecule has 2 amide bonds. The van der Waals surface area contributed by atoms with Crippen LogP contribution < -0.4 is 10.6 Å². The molecule has 1 saturated heterocycles. The molecule has 0 unspecified atom stereocenters. The van der Waals surface area contributed by atoms with E-state index in [9.17, 15) is 14.4 Å². The predicted molar refractivity (Wildman–Crippen MR) is 117 cm³/mol. The van der Waals surface area contributed by atoms with Gasteiger partial charge in [-0.15, -0.1) is 0 Å². The number of amides is 2. The summed E-state index contributed by atoms with van der Waals surface area (Å²) in [6.45, 7) is 2.51. The lowest BCUT2D eigenvalue weighted by molar-refractivity contribution is -0.143. The number of benzene rings is 2. The number of carbonyl (C=O) groups is 3. The van der Waals surface area contributed by atoms with Gasteiger partial charge in [-0.3, -0.25) is 19.7 Å². The SMILES string of the molecule is CCOC(=O)[C@H]1N[C@@H]1C(=O)N[C@@H](Cc1ccccc1)C(=O)N(C)CCc1ccccc1. The van der Waals surface area contributed by atoms with Gasteiger partial charge in [0.1, 0.15) is 18.1 Å². The molecule has 31 heavy (non-hydrogen) atoms. The van der Waals surface area contributed by atoms with Crippen molar-refractivity contribution < 1.29 is 19.1 Å². The first-order chi connectivity index (χ1) is 15.0. The number of likely N-dealkylation sites (N-methyl/N-ethyl adjacent to an activating group) is 1. The van der Waals surface area contributed by atoms with E-state index in [1.54, 1.807) is 18.9 Å². The van der Waals surface area contributed by atoms with E-state index in [0.29, 0.717) is 13.0 Å². The van der Waals surface area contributed by atoms with Gasteiger partial charge in [-0.05, 0) is 24.5 Å². The lowest BCUT2D eigenvalue weighted by atomic mass is 10.0.